The zero-order chi connectivity index (χ0) is 21.1. The van der Waals surface area contributed by atoms with E-state index in [4.69, 9.17) is 4.74 Å². The lowest BCUT2D eigenvalue weighted by atomic mass is 9.76. The highest BCUT2D eigenvalue weighted by molar-refractivity contribution is 5.98. The Morgan fingerprint density at radius 3 is 2.30 bits per heavy atom. The monoisotopic (exact) mass is 409 g/mol. The third-order valence-electron chi connectivity index (χ3n) is 6.77. The van der Waals surface area contributed by atoms with Crippen molar-refractivity contribution in [2.24, 2.45) is 5.92 Å². The summed E-state index contributed by atoms with van der Waals surface area (Å²) in [4.78, 5) is 28.3. The summed E-state index contributed by atoms with van der Waals surface area (Å²) in [6.45, 7) is 1.14. The van der Waals surface area contributed by atoms with Gasteiger partial charge in [0.2, 0.25) is 5.91 Å². The van der Waals surface area contributed by atoms with E-state index in [1.54, 1.807) is 37.4 Å². The molecule has 0 bridgehead atoms. The molecule has 4 nitrogen and oxygen atoms in total. The Morgan fingerprint density at radius 2 is 1.70 bits per heavy atom. The Labute approximate surface area is 177 Å². The number of rotatable bonds is 5. The maximum Gasteiger partial charge on any atom is 0.233 e. The van der Waals surface area contributed by atoms with Gasteiger partial charge in [-0.05, 0) is 67.6 Å². The van der Waals surface area contributed by atoms with Crippen molar-refractivity contribution in [3.63, 3.8) is 0 Å². The molecule has 4 rings (SSSR count). The van der Waals surface area contributed by atoms with Crippen LogP contribution >= 0.6 is 0 Å². The smallest absolute Gasteiger partial charge is 0.233 e. The molecule has 0 radical (unpaired) electrons. The first kappa shape index (κ1) is 20.6. The molecule has 1 aliphatic carbocycles. The lowest BCUT2D eigenvalue weighted by Gasteiger charge is -2.38. The number of methoxy groups -OCH3 is 1. The average Bonchev–Trinajstić information content (AvgIpc) is 3.29. The average molecular weight is 410 g/mol. The van der Waals surface area contributed by atoms with Gasteiger partial charge in [0.05, 0.1) is 12.5 Å². The Kier molecular flexibility index (Phi) is 5.89. The number of benzene rings is 2. The standard InChI is InChI=1S/C25H28FNO3/c1-30-22-9-7-18(8-10-22)23(28)19-11-15-27(16-12-19)24(29)25(13-2-3-14-25)20-5-4-6-21(26)17-20/h4-10,17,19H,2-3,11-16H2,1H3. The molecule has 2 aromatic rings. The van der Waals surface area contributed by atoms with Gasteiger partial charge in [0.25, 0.3) is 0 Å². The molecule has 2 aliphatic rings. The normalized spacial score (nSPS) is 18.9. The molecule has 0 unspecified atom stereocenters. The van der Waals surface area contributed by atoms with Crippen LogP contribution in [0.1, 0.15) is 54.4 Å². The summed E-state index contributed by atoms with van der Waals surface area (Å²) in [5.41, 5.74) is 0.864. The number of ketones is 1. The second kappa shape index (κ2) is 8.58. The largest absolute Gasteiger partial charge is 0.497 e. The summed E-state index contributed by atoms with van der Waals surface area (Å²) in [5, 5.41) is 0. The molecular formula is C25H28FNO3. The van der Waals surface area contributed by atoms with Crippen molar-refractivity contribution in [1.82, 2.24) is 4.90 Å². The van der Waals surface area contributed by atoms with Crippen LogP contribution in [-0.2, 0) is 10.2 Å². The van der Waals surface area contributed by atoms with Gasteiger partial charge in [0.1, 0.15) is 11.6 Å². The molecule has 5 heteroatoms. The lowest BCUT2D eigenvalue weighted by Crippen LogP contribution is -2.49. The number of piperidine rings is 1. The number of hydrogen-bond acceptors (Lipinski definition) is 3. The van der Waals surface area contributed by atoms with Crippen molar-refractivity contribution < 1.29 is 18.7 Å². The number of carbonyl (C=O) groups is 2. The number of halogens is 1. The maximum absolute atomic E-state index is 13.9. The van der Waals surface area contributed by atoms with Crippen molar-refractivity contribution in [2.75, 3.05) is 20.2 Å². The third kappa shape index (κ3) is 3.85. The molecule has 1 amide bonds. The van der Waals surface area contributed by atoms with E-state index in [0.717, 1.165) is 37.0 Å². The maximum atomic E-state index is 13.9. The molecule has 0 aromatic heterocycles. The van der Waals surface area contributed by atoms with Gasteiger partial charge in [-0.3, -0.25) is 9.59 Å². The van der Waals surface area contributed by atoms with Crippen LogP contribution in [0.3, 0.4) is 0 Å². The molecule has 30 heavy (non-hydrogen) atoms. The second-order valence-electron chi connectivity index (χ2n) is 8.46. The molecule has 1 aliphatic heterocycles. The first-order valence-electron chi connectivity index (χ1n) is 10.8. The molecule has 1 saturated heterocycles. The van der Waals surface area contributed by atoms with E-state index in [2.05, 4.69) is 0 Å². The molecule has 0 N–H and O–H groups in total. The summed E-state index contributed by atoms with van der Waals surface area (Å²) < 4.78 is 19.0. The van der Waals surface area contributed by atoms with Crippen LogP contribution in [0.5, 0.6) is 5.75 Å². The number of carbonyl (C=O) groups excluding carboxylic acids is 2. The van der Waals surface area contributed by atoms with Crippen molar-refractivity contribution in [3.8, 4) is 5.75 Å². The van der Waals surface area contributed by atoms with Crippen LogP contribution in [0.15, 0.2) is 48.5 Å². The van der Waals surface area contributed by atoms with Crippen LogP contribution in [0.4, 0.5) is 4.39 Å². The first-order valence-corrected chi connectivity index (χ1v) is 10.8. The number of nitrogens with zero attached hydrogens (tertiary/aromatic N) is 1. The summed E-state index contributed by atoms with van der Waals surface area (Å²) in [6, 6.07) is 13.7. The Balaban J connectivity index is 1.45. The fourth-order valence-electron chi connectivity index (χ4n) is 5.03. The molecule has 2 fully saturated rings. The zero-order valence-corrected chi connectivity index (χ0v) is 17.4. The van der Waals surface area contributed by atoms with E-state index in [1.165, 1.54) is 12.1 Å². The Hall–Kier alpha value is -2.69. The van der Waals surface area contributed by atoms with E-state index in [0.29, 0.717) is 31.5 Å². The van der Waals surface area contributed by atoms with Crippen LogP contribution in [0, 0.1) is 11.7 Å². The molecule has 2 aromatic carbocycles. The van der Waals surface area contributed by atoms with Crippen LogP contribution in [0.25, 0.3) is 0 Å². The number of hydrogen-bond donors (Lipinski definition) is 0. The summed E-state index contributed by atoms with van der Waals surface area (Å²) in [5.74, 6) is 0.587. The predicted octanol–water partition coefficient (Wildman–Crippen LogP) is 4.77. The predicted molar refractivity (Wildman–Crippen MR) is 113 cm³/mol. The van der Waals surface area contributed by atoms with Gasteiger partial charge in [-0.15, -0.1) is 0 Å². The van der Waals surface area contributed by atoms with Crippen LogP contribution < -0.4 is 4.74 Å². The van der Waals surface area contributed by atoms with Crippen molar-refractivity contribution >= 4 is 11.7 Å². The van der Waals surface area contributed by atoms with Gasteiger partial charge in [-0.25, -0.2) is 4.39 Å². The summed E-state index contributed by atoms with van der Waals surface area (Å²) >= 11 is 0. The number of amides is 1. The van der Waals surface area contributed by atoms with Gasteiger partial charge in [0, 0.05) is 24.6 Å². The van der Waals surface area contributed by atoms with E-state index in [-0.39, 0.29) is 23.4 Å². The number of likely N-dealkylation sites (tertiary alicyclic amines) is 1. The van der Waals surface area contributed by atoms with Gasteiger partial charge in [-0.1, -0.05) is 25.0 Å². The summed E-state index contributed by atoms with van der Waals surface area (Å²) in [7, 11) is 1.60. The van der Waals surface area contributed by atoms with E-state index < -0.39 is 5.41 Å². The van der Waals surface area contributed by atoms with E-state index in [9.17, 15) is 14.0 Å². The first-order chi connectivity index (χ1) is 14.5. The molecular weight excluding hydrogens is 381 g/mol. The number of Topliss-reactive ketones (excluding diaryl/α,β-unsaturated/α-hetero) is 1. The summed E-state index contributed by atoms with van der Waals surface area (Å²) in [6.07, 6.45) is 4.81. The van der Waals surface area contributed by atoms with Crippen LogP contribution in [0.2, 0.25) is 0 Å². The van der Waals surface area contributed by atoms with Crippen molar-refractivity contribution in [2.45, 2.75) is 43.9 Å². The minimum absolute atomic E-state index is 0.0730. The minimum atomic E-state index is -0.616. The Bertz CT molecular complexity index is 910. The third-order valence-corrected chi connectivity index (χ3v) is 6.77. The van der Waals surface area contributed by atoms with Crippen molar-refractivity contribution in [3.05, 3.63) is 65.5 Å². The van der Waals surface area contributed by atoms with Gasteiger partial charge in [0.15, 0.2) is 5.78 Å². The SMILES string of the molecule is COc1ccc(C(=O)C2CCN(C(=O)C3(c4cccc(F)c4)CCCC3)CC2)cc1. The highest BCUT2D eigenvalue weighted by atomic mass is 19.1. The van der Waals surface area contributed by atoms with Crippen molar-refractivity contribution in [1.29, 1.82) is 0 Å². The minimum Gasteiger partial charge on any atom is -0.497 e. The number of ether oxygens (including phenoxy) is 1. The van der Waals surface area contributed by atoms with E-state index in [1.807, 2.05) is 11.0 Å². The highest BCUT2D eigenvalue weighted by Crippen LogP contribution is 2.43. The van der Waals surface area contributed by atoms with E-state index >= 15 is 0 Å². The highest BCUT2D eigenvalue weighted by Gasteiger charge is 2.45. The molecule has 1 heterocycles. The van der Waals surface area contributed by atoms with Gasteiger partial charge < -0.3 is 9.64 Å². The fourth-order valence-corrected chi connectivity index (χ4v) is 5.03. The Morgan fingerprint density at radius 1 is 1.03 bits per heavy atom. The molecule has 158 valence electrons. The second-order valence-corrected chi connectivity index (χ2v) is 8.46. The zero-order valence-electron chi connectivity index (χ0n) is 17.4. The fraction of sp³-hybridized carbons (Fsp3) is 0.440. The van der Waals surface area contributed by atoms with Gasteiger partial charge >= 0.3 is 0 Å². The molecule has 0 spiro atoms. The van der Waals surface area contributed by atoms with Gasteiger partial charge in [-0.2, -0.15) is 0 Å². The quantitative estimate of drug-likeness (QED) is 0.669. The topological polar surface area (TPSA) is 46.6 Å². The van der Waals surface area contributed by atoms with Crippen LogP contribution in [-0.4, -0.2) is 36.8 Å². The molecule has 1 saturated carbocycles. The molecule has 0 atom stereocenters. The lowest BCUT2D eigenvalue weighted by molar-refractivity contribution is -0.138.